The first-order valence-corrected chi connectivity index (χ1v) is 27.8. The van der Waals surface area contributed by atoms with Gasteiger partial charge in [0, 0.05) is 32.9 Å². The summed E-state index contributed by atoms with van der Waals surface area (Å²) >= 11 is 0. The molecule has 8 aromatic rings. The van der Waals surface area contributed by atoms with Crippen LogP contribution < -0.4 is 0 Å². The van der Waals surface area contributed by atoms with Crippen molar-refractivity contribution in [3.8, 4) is 28.3 Å². The Kier molecular flexibility index (Phi) is 7.46. The Labute approximate surface area is 412 Å². The molecule has 0 saturated heterocycles. The van der Waals surface area contributed by atoms with Gasteiger partial charge in [0.1, 0.15) is 0 Å². The molecule has 70 heavy (non-hydrogen) atoms. The Morgan fingerprint density at radius 3 is 1.97 bits per heavy atom. The molecule has 0 amide bonds. The normalized spacial score (nSPS) is 29.7. The van der Waals surface area contributed by atoms with Crippen molar-refractivity contribution in [3.05, 3.63) is 170 Å². The average molecular weight is 907 g/mol. The van der Waals surface area contributed by atoms with E-state index in [9.17, 15) is 5.26 Å². The summed E-state index contributed by atoms with van der Waals surface area (Å²) in [6, 6.07) is 37.4. The Morgan fingerprint density at radius 1 is 0.586 bits per heavy atom. The topological polar surface area (TPSA) is 28.2 Å². The maximum absolute atomic E-state index is 11.7. The van der Waals surface area contributed by atoms with Crippen LogP contribution in [0.25, 0.3) is 60.3 Å². The van der Waals surface area contributed by atoms with E-state index in [1.54, 1.807) is 22.1 Å². The summed E-state index contributed by atoms with van der Waals surface area (Å²) in [4.78, 5) is 0. The van der Waals surface area contributed by atoms with Gasteiger partial charge in [0.25, 0.3) is 0 Å². The summed E-state index contributed by atoms with van der Waals surface area (Å²) in [5.41, 5.74) is 25.9. The number of allylic oxidation sites excluding steroid dienone is 4. The Bertz CT molecular complexity index is 3780. The second-order valence-electron chi connectivity index (χ2n) is 25.2. The molecule has 18 rings (SSSR count). The Balaban J connectivity index is 1.15. The van der Waals surface area contributed by atoms with E-state index in [0.29, 0.717) is 11.8 Å². The van der Waals surface area contributed by atoms with Crippen molar-refractivity contribution in [2.24, 2.45) is 17.3 Å². The second-order valence-corrected chi connectivity index (χ2v) is 25.2. The van der Waals surface area contributed by atoms with E-state index in [2.05, 4.69) is 140 Å². The van der Waals surface area contributed by atoms with Crippen molar-refractivity contribution < 1.29 is 0 Å². The molecule has 2 aromatic heterocycles. The smallest absolute Gasteiger partial charge is 0.0995 e. The summed E-state index contributed by atoms with van der Waals surface area (Å²) in [5.74, 6) is 3.03. The lowest BCUT2D eigenvalue weighted by molar-refractivity contribution is 0.166. The summed E-state index contributed by atoms with van der Waals surface area (Å²) in [6.07, 6.45) is 29.1. The SMILES string of the molecule is Cc1cccc(C)c1-c1cc2c(c3c1C1CC4CC(C1)CC3C4)c1cc3c(c4c5c6c(c(C#N)cc5n2c14)C1(CCCC1)CCC61CCCC1)-c1ccccc1C31c2ccccc2C2C=CC=CC21C. The highest BCUT2D eigenvalue weighted by molar-refractivity contribution is 6.30. The number of hydrogen-bond acceptors (Lipinski definition) is 1. The molecule has 4 fully saturated rings. The Hall–Kier alpha value is -5.91. The fourth-order valence-corrected chi connectivity index (χ4v) is 20.1. The zero-order valence-electron chi connectivity index (χ0n) is 41.3. The molecular weight excluding hydrogens is 845 g/mol. The zero-order valence-corrected chi connectivity index (χ0v) is 41.3. The highest BCUT2D eigenvalue weighted by Crippen LogP contribution is 2.73. The highest BCUT2D eigenvalue weighted by Gasteiger charge is 2.64. The number of aromatic nitrogens is 1. The number of hydrogen-bond donors (Lipinski definition) is 0. The van der Waals surface area contributed by atoms with Crippen LogP contribution in [-0.2, 0) is 16.2 Å². The molecule has 344 valence electrons. The lowest BCUT2D eigenvalue weighted by Gasteiger charge is -2.46. The fraction of sp³-hybridized carbons (Fsp3) is 0.397. The van der Waals surface area contributed by atoms with Crippen LogP contribution in [0.15, 0.2) is 109 Å². The number of nitrogens with zero attached hydrogens (tertiary/aromatic N) is 2. The lowest BCUT2D eigenvalue weighted by atomic mass is 9.56. The van der Waals surface area contributed by atoms with Gasteiger partial charge in [-0.25, -0.2) is 0 Å². The third-order valence-electron chi connectivity index (χ3n) is 22.3. The second kappa shape index (κ2) is 13.1. The minimum atomic E-state index is -0.389. The zero-order chi connectivity index (χ0) is 46.2. The van der Waals surface area contributed by atoms with E-state index < -0.39 is 0 Å². The van der Waals surface area contributed by atoms with Crippen LogP contribution in [0.3, 0.4) is 0 Å². The van der Waals surface area contributed by atoms with E-state index >= 15 is 0 Å². The molecule has 0 radical (unpaired) electrons. The third-order valence-corrected chi connectivity index (χ3v) is 22.3. The minimum absolute atomic E-state index is 0.0916. The molecule has 0 N–H and O–H groups in total. The molecule has 5 unspecified atom stereocenters. The van der Waals surface area contributed by atoms with E-state index in [1.807, 2.05) is 0 Å². The van der Waals surface area contributed by atoms with Crippen LogP contribution in [-0.4, -0.2) is 4.40 Å². The number of nitriles is 1. The summed E-state index contributed by atoms with van der Waals surface area (Å²) in [5, 5.41) is 17.8. The number of aryl methyl sites for hydroxylation is 2. The van der Waals surface area contributed by atoms with Gasteiger partial charge in [0.05, 0.1) is 33.6 Å². The number of fused-ring (bicyclic) bond motifs is 21. The van der Waals surface area contributed by atoms with Gasteiger partial charge in [0.2, 0.25) is 0 Å². The number of rotatable bonds is 1. The molecule has 3 spiro atoms. The predicted octanol–water partition coefficient (Wildman–Crippen LogP) is 17.3. The van der Waals surface area contributed by atoms with Crippen LogP contribution in [0.2, 0.25) is 0 Å². The van der Waals surface area contributed by atoms with Crippen LogP contribution in [0.5, 0.6) is 0 Å². The summed E-state index contributed by atoms with van der Waals surface area (Å²) in [6.45, 7) is 7.35. The largest absolute Gasteiger partial charge is 0.308 e. The number of benzene rings is 6. The van der Waals surface area contributed by atoms with E-state index in [0.717, 1.165) is 17.4 Å². The van der Waals surface area contributed by atoms with Crippen LogP contribution in [0, 0.1) is 42.4 Å². The van der Waals surface area contributed by atoms with Crippen LogP contribution >= 0.6 is 0 Å². The molecule has 2 heterocycles. The standard InChI is InChI=1S/C68H62N2/c1-38-15-14-16-39(2)55(38)47-36-54-59(57-43-32-40-29-41(33-43)31-42(30-40)56(47)57)48-35-52-58(46-18-5-7-21-51(46)68(52)50-20-6-4-17-45(50)49-19-8-9-22-65(49,68)3)61-60-53(70(54)64(48)61)34-44(37-69)62-63(60)67(25-12-13-26-67)28-27-66(62)23-10-11-24-66/h4-9,14-22,34-36,40-43,49H,10-13,23-33H2,1-3H3. The fourth-order valence-electron chi connectivity index (χ4n) is 20.1. The molecule has 4 saturated carbocycles. The predicted molar refractivity (Wildman–Crippen MR) is 287 cm³/mol. The first kappa shape index (κ1) is 39.8. The highest BCUT2D eigenvalue weighted by atomic mass is 14.9. The van der Waals surface area contributed by atoms with Gasteiger partial charge in [-0.3, -0.25) is 0 Å². The van der Waals surface area contributed by atoms with Gasteiger partial charge in [-0.15, -0.1) is 0 Å². The monoisotopic (exact) mass is 906 g/mol. The molecule has 5 atom stereocenters. The molecular formula is C68H62N2. The van der Waals surface area contributed by atoms with Crippen molar-refractivity contribution in [1.29, 1.82) is 5.26 Å². The van der Waals surface area contributed by atoms with Crippen molar-refractivity contribution in [2.45, 2.75) is 151 Å². The average Bonchev–Trinajstić information content (AvgIpc) is 4.24. The maximum atomic E-state index is 11.7. The van der Waals surface area contributed by atoms with Crippen LogP contribution in [0.1, 0.15) is 182 Å². The quantitative estimate of drug-likeness (QED) is 0.161. The van der Waals surface area contributed by atoms with Crippen LogP contribution in [0.4, 0.5) is 0 Å². The Morgan fingerprint density at radius 2 is 1.24 bits per heavy atom. The maximum Gasteiger partial charge on any atom is 0.0995 e. The molecule has 10 aliphatic carbocycles. The van der Waals surface area contributed by atoms with Gasteiger partial charge in [-0.2, -0.15) is 5.26 Å². The van der Waals surface area contributed by atoms with E-state index in [4.69, 9.17) is 0 Å². The first-order valence-electron chi connectivity index (χ1n) is 27.8. The lowest BCUT2D eigenvalue weighted by Crippen LogP contribution is -2.42. The molecule has 10 aliphatic rings. The van der Waals surface area contributed by atoms with Gasteiger partial charge >= 0.3 is 0 Å². The molecule has 6 aromatic carbocycles. The van der Waals surface area contributed by atoms with Crippen molar-refractivity contribution in [2.75, 3.05) is 0 Å². The molecule has 2 heteroatoms. The minimum Gasteiger partial charge on any atom is -0.308 e. The van der Waals surface area contributed by atoms with Gasteiger partial charge in [0.15, 0.2) is 0 Å². The first-order chi connectivity index (χ1) is 34.3. The molecule has 4 bridgehead atoms. The van der Waals surface area contributed by atoms with Crippen molar-refractivity contribution >= 4 is 38.1 Å². The van der Waals surface area contributed by atoms with Crippen molar-refractivity contribution in [1.82, 2.24) is 4.40 Å². The third kappa shape index (κ3) is 4.38. The van der Waals surface area contributed by atoms with Gasteiger partial charge in [-0.05, 0) is 215 Å². The van der Waals surface area contributed by atoms with Gasteiger partial charge in [-0.1, -0.05) is 124 Å². The molecule has 2 nitrogen and oxygen atoms in total. The van der Waals surface area contributed by atoms with Gasteiger partial charge < -0.3 is 4.40 Å². The van der Waals surface area contributed by atoms with Crippen molar-refractivity contribution in [3.63, 3.8) is 0 Å². The van der Waals surface area contributed by atoms with E-state index in [-0.39, 0.29) is 27.6 Å². The molecule has 0 aliphatic heterocycles. The summed E-state index contributed by atoms with van der Waals surface area (Å²) < 4.78 is 2.81. The summed E-state index contributed by atoms with van der Waals surface area (Å²) in [7, 11) is 0. The van der Waals surface area contributed by atoms with E-state index in [1.165, 1.54) is 190 Å².